The number of aromatic nitrogens is 1. The van der Waals surface area contributed by atoms with Crippen molar-refractivity contribution >= 4 is 57.6 Å². The van der Waals surface area contributed by atoms with Gasteiger partial charge in [-0.05, 0) is 88.7 Å². The predicted molar refractivity (Wildman–Crippen MR) is 197 cm³/mol. The molecule has 0 bridgehead atoms. The second-order valence-corrected chi connectivity index (χ2v) is 13.2. The van der Waals surface area contributed by atoms with Crippen LogP contribution in [0.3, 0.4) is 0 Å². The van der Waals surface area contributed by atoms with Crippen molar-refractivity contribution in [1.82, 2.24) is 4.57 Å². The van der Waals surface area contributed by atoms with Gasteiger partial charge >= 0.3 is 11.9 Å². The fourth-order valence-electron chi connectivity index (χ4n) is 5.61. The minimum atomic E-state index is -1.02. The maximum Gasteiger partial charge on any atom is 0.338 e. The lowest BCUT2D eigenvalue weighted by atomic mass is 9.93. The predicted octanol–water partition coefficient (Wildman–Crippen LogP) is 5.83. The van der Waals surface area contributed by atoms with Crippen molar-refractivity contribution in [2.45, 2.75) is 19.6 Å². The Morgan fingerprint density at radius 3 is 2.42 bits per heavy atom. The second-order valence-electron chi connectivity index (χ2n) is 11.0. The highest BCUT2D eigenvalue weighted by Gasteiger charge is 2.35. The molecule has 0 radical (unpaired) electrons. The number of nitrogens with zero attached hydrogens (tertiary/aromatic N) is 2. The molecule has 1 N–H and O–H groups in total. The fourth-order valence-corrected chi connectivity index (χ4v) is 7.39. The highest BCUT2D eigenvalue weighted by molar-refractivity contribution is 14.1. The molecule has 10 nitrogen and oxygen atoms in total. The Hall–Kier alpha value is -5.21. The zero-order chi connectivity index (χ0) is 35.4. The molecule has 0 saturated heterocycles. The Morgan fingerprint density at radius 2 is 1.74 bits per heavy atom. The van der Waals surface area contributed by atoms with Crippen molar-refractivity contribution in [1.29, 1.82) is 0 Å². The van der Waals surface area contributed by atoms with Gasteiger partial charge in [0, 0.05) is 5.56 Å². The molecule has 0 saturated carbocycles. The summed E-state index contributed by atoms with van der Waals surface area (Å²) in [7, 11) is 3.10. The third-order valence-electron chi connectivity index (χ3n) is 7.91. The summed E-state index contributed by atoms with van der Waals surface area (Å²) in [5.74, 6) is -0.0149. The van der Waals surface area contributed by atoms with Gasteiger partial charge in [0.1, 0.15) is 12.4 Å². The molecule has 0 unspecified atom stereocenters. The molecule has 5 aromatic rings. The van der Waals surface area contributed by atoms with Crippen LogP contribution in [0.1, 0.15) is 45.6 Å². The summed E-state index contributed by atoms with van der Waals surface area (Å²) in [5, 5.41) is 9.34. The summed E-state index contributed by atoms with van der Waals surface area (Å²) in [6.07, 6.45) is 1.76. The first-order valence-corrected chi connectivity index (χ1v) is 17.4. The topological polar surface area (TPSA) is 126 Å². The van der Waals surface area contributed by atoms with Gasteiger partial charge in [-0.3, -0.25) is 9.36 Å². The third-order valence-corrected chi connectivity index (χ3v) is 9.70. The summed E-state index contributed by atoms with van der Waals surface area (Å²) in [6.45, 7) is 2.02. The Balaban J connectivity index is 1.47. The normalized spacial score (nSPS) is 14.1. The number of aromatic carboxylic acids is 1. The van der Waals surface area contributed by atoms with E-state index in [1.807, 2.05) is 48.5 Å². The number of esters is 1. The average molecular weight is 803 g/mol. The number of rotatable bonds is 11. The largest absolute Gasteiger partial charge is 0.497 e. The number of carboxylic acid groups (broad SMARTS) is 1. The number of carbonyl (C=O) groups is 2. The molecule has 1 aliphatic rings. The highest BCUT2D eigenvalue weighted by atomic mass is 127. The summed E-state index contributed by atoms with van der Waals surface area (Å²) in [6, 6.07) is 26.0. The summed E-state index contributed by atoms with van der Waals surface area (Å²) in [5.41, 5.74) is 3.33. The van der Waals surface area contributed by atoms with Crippen LogP contribution < -0.4 is 29.1 Å². The minimum Gasteiger partial charge on any atom is -0.497 e. The number of benzene rings is 4. The van der Waals surface area contributed by atoms with Crippen LogP contribution in [-0.4, -0.2) is 42.4 Å². The number of carbonyl (C=O) groups excluding carboxylic acids is 1. The van der Waals surface area contributed by atoms with Gasteiger partial charge in [-0.1, -0.05) is 65.9 Å². The lowest BCUT2D eigenvalue weighted by Crippen LogP contribution is -2.40. The van der Waals surface area contributed by atoms with Crippen LogP contribution >= 0.6 is 33.9 Å². The zero-order valence-electron chi connectivity index (χ0n) is 27.2. The van der Waals surface area contributed by atoms with E-state index < -0.39 is 18.0 Å². The number of hydrogen-bond donors (Lipinski definition) is 1. The van der Waals surface area contributed by atoms with Crippen LogP contribution in [0.15, 0.2) is 106 Å². The quantitative estimate of drug-likeness (QED) is 0.131. The zero-order valence-corrected chi connectivity index (χ0v) is 30.2. The molecule has 0 fully saturated rings. The van der Waals surface area contributed by atoms with E-state index in [9.17, 15) is 19.5 Å². The van der Waals surface area contributed by atoms with E-state index in [-0.39, 0.29) is 29.9 Å². The lowest BCUT2D eigenvalue weighted by molar-refractivity contribution is -0.138. The molecule has 0 aliphatic carbocycles. The van der Waals surface area contributed by atoms with Gasteiger partial charge in [0.2, 0.25) is 0 Å². The molecule has 12 heteroatoms. The third kappa shape index (κ3) is 7.07. The fraction of sp³-hybridized carbons (Fsp3) is 0.158. The lowest BCUT2D eigenvalue weighted by Gasteiger charge is -2.26. The first kappa shape index (κ1) is 34.6. The Kier molecular flexibility index (Phi) is 10.5. The minimum absolute atomic E-state index is 0.128. The molecule has 1 atom stereocenters. The van der Waals surface area contributed by atoms with Crippen LogP contribution in [-0.2, 0) is 16.1 Å². The van der Waals surface area contributed by atoms with E-state index in [0.29, 0.717) is 49.0 Å². The molecular weight excluding hydrogens is 771 g/mol. The number of hydrogen-bond acceptors (Lipinski definition) is 9. The number of methoxy groups -OCH3 is 2. The molecule has 2 heterocycles. The van der Waals surface area contributed by atoms with E-state index >= 15 is 0 Å². The molecule has 1 aromatic heterocycles. The van der Waals surface area contributed by atoms with Crippen LogP contribution in [0, 0.1) is 3.57 Å². The van der Waals surface area contributed by atoms with Gasteiger partial charge in [-0.2, -0.15) is 0 Å². The highest BCUT2D eigenvalue weighted by Crippen LogP contribution is 2.37. The molecule has 50 heavy (non-hydrogen) atoms. The Morgan fingerprint density at radius 1 is 0.980 bits per heavy atom. The van der Waals surface area contributed by atoms with Crippen LogP contribution in [0.5, 0.6) is 17.2 Å². The van der Waals surface area contributed by atoms with E-state index in [4.69, 9.17) is 23.9 Å². The molecule has 6 rings (SSSR count). The number of carboxylic acids is 1. The molecule has 1 aliphatic heterocycles. The van der Waals surface area contributed by atoms with Crippen LogP contribution in [0.4, 0.5) is 0 Å². The molecular formula is C38H31IN2O8S. The number of halogens is 1. The van der Waals surface area contributed by atoms with Gasteiger partial charge in [0.05, 0.1) is 51.8 Å². The molecule has 254 valence electrons. The Labute approximate surface area is 304 Å². The van der Waals surface area contributed by atoms with Crippen molar-refractivity contribution in [2.24, 2.45) is 4.99 Å². The summed E-state index contributed by atoms with van der Waals surface area (Å²) in [4.78, 5) is 44.8. The number of thiazole rings is 1. The SMILES string of the molecule is CCOC(=O)C1=C(c2ccccc2)N=c2s/c(=C\c3cc(I)c(OCc4cccc(C(=O)O)c4)c(OC)c3)c(=O)n2[C@H]1c1ccc(OC)cc1. The van der Waals surface area contributed by atoms with E-state index in [2.05, 4.69) is 22.6 Å². The Bertz CT molecular complexity index is 2300. The van der Waals surface area contributed by atoms with Crippen molar-refractivity contribution < 1.29 is 33.6 Å². The standard InChI is InChI=1S/C38H31IN2O8S/c1-4-48-37(45)31-32(24-10-6-5-7-11-24)40-38-41(33(31)25-13-15-27(46-2)16-14-25)35(42)30(50-38)20-23-18-28(39)34(29(19-23)47-3)49-21-22-9-8-12-26(17-22)36(43)44/h5-20,33H,4,21H2,1-3H3,(H,43,44)/b30-20-/t33-/m0/s1. The smallest absolute Gasteiger partial charge is 0.338 e. The van der Waals surface area contributed by atoms with Crippen LogP contribution in [0.2, 0.25) is 0 Å². The molecule has 0 spiro atoms. The molecule has 4 aromatic carbocycles. The van der Waals surface area contributed by atoms with Crippen LogP contribution in [0.25, 0.3) is 11.8 Å². The molecule has 0 amide bonds. The van der Waals surface area contributed by atoms with Crippen molar-refractivity contribution in [3.05, 3.63) is 148 Å². The summed E-state index contributed by atoms with van der Waals surface area (Å²) < 4.78 is 25.4. The van der Waals surface area contributed by atoms with Crippen molar-refractivity contribution in [2.75, 3.05) is 20.8 Å². The number of fused-ring (bicyclic) bond motifs is 1. The van der Waals surface area contributed by atoms with Gasteiger partial charge in [-0.25, -0.2) is 14.6 Å². The van der Waals surface area contributed by atoms with Crippen molar-refractivity contribution in [3.63, 3.8) is 0 Å². The van der Waals surface area contributed by atoms with Gasteiger partial charge in [0.25, 0.3) is 5.56 Å². The second kappa shape index (κ2) is 15.1. The number of ether oxygens (including phenoxy) is 4. The van der Waals surface area contributed by atoms with Gasteiger partial charge in [-0.15, -0.1) is 0 Å². The van der Waals surface area contributed by atoms with Gasteiger partial charge < -0.3 is 24.1 Å². The summed E-state index contributed by atoms with van der Waals surface area (Å²) >= 11 is 3.36. The first-order valence-electron chi connectivity index (χ1n) is 15.5. The van der Waals surface area contributed by atoms with Crippen molar-refractivity contribution in [3.8, 4) is 17.2 Å². The van der Waals surface area contributed by atoms with E-state index in [1.54, 1.807) is 61.1 Å². The van der Waals surface area contributed by atoms with Gasteiger partial charge in [0.15, 0.2) is 16.3 Å². The first-order chi connectivity index (χ1) is 24.2. The van der Waals surface area contributed by atoms with E-state index in [1.165, 1.54) is 24.5 Å². The van der Waals surface area contributed by atoms with E-state index in [0.717, 1.165) is 9.13 Å². The maximum atomic E-state index is 14.3. The monoisotopic (exact) mass is 802 g/mol. The average Bonchev–Trinajstić information content (AvgIpc) is 3.44. The maximum absolute atomic E-state index is 14.3.